The number of urea groups is 1. The van der Waals surface area contributed by atoms with Crippen molar-refractivity contribution in [3.8, 4) is 17.1 Å². The number of hydrogen-bond donors (Lipinski definition) is 2. The lowest BCUT2D eigenvalue weighted by Crippen LogP contribution is -2.39. The predicted molar refractivity (Wildman–Crippen MR) is 117 cm³/mol. The summed E-state index contributed by atoms with van der Waals surface area (Å²) in [6, 6.07) is 18.1. The van der Waals surface area contributed by atoms with Crippen molar-refractivity contribution in [2.24, 2.45) is 0 Å². The summed E-state index contributed by atoms with van der Waals surface area (Å²) in [6.45, 7) is 0.165. The molecular formula is C22H18FN5O3S. The molecule has 0 unspecified atom stereocenters. The van der Waals surface area contributed by atoms with E-state index in [1.807, 2.05) is 30.3 Å². The minimum atomic E-state index is -0.628. The number of carbonyl (C=O) groups is 2. The largest absolute Gasteiger partial charge is 0.467 e. The summed E-state index contributed by atoms with van der Waals surface area (Å²) >= 11 is 1.11. The zero-order valence-corrected chi connectivity index (χ0v) is 17.5. The Balaban J connectivity index is 1.46. The van der Waals surface area contributed by atoms with Gasteiger partial charge >= 0.3 is 6.03 Å². The van der Waals surface area contributed by atoms with E-state index in [2.05, 4.69) is 20.8 Å². The number of nitrogens with zero attached hydrogens (tertiary/aromatic N) is 3. The molecule has 2 aromatic carbocycles. The van der Waals surface area contributed by atoms with Crippen molar-refractivity contribution in [2.75, 3.05) is 5.75 Å². The van der Waals surface area contributed by atoms with Crippen molar-refractivity contribution in [3.05, 3.63) is 84.6 Å². The van der Waals surface area contributed by atoms with Crippen LogP contribution in [0.5, 0.6) is 0 Å². The molecule has 0 aliphatic rings. The van der Waals surface area contributed by atoms with Crippen LogP contribution in [0.1, 0.15) is 5.76 Å². The molecule has 2 N–H and O–H groups in total. The van der Waals surface area contributed by atoms with Crippen molar-refractivity contribution >= 4 is 23.7 Å². The second kappa shape index (κ2) is 9.92. The van der Waals surface area contributed by atoms with E-state index >= 15 is 0 Å². The lowest BCUT2D eigenvalue weighted by atomic mass is 10.2. The molecule has 0 aliphatic carbocycles. The summed E-state index contributed by atoms with van der Waals surface area (Å²) in [6.07, 6.45) is 1.50. The van der Waals surface area contributed by atoms with Crippen LogP contribution < -0.4 is 10.6 Å². The van der Waals surface area contributed by atoms with Crippen molar-refractivity contribution in [2.45, 2.75) is 11.7 Å². The maximum absolute atomic E-state index is 13.4. The van der Waals surface area contributed by atoms with Crippen LogP contribution >= 0.6 is 11.8 Å². The average molecular weight is 451 g/mol. The highest BCUT2D eigenvalue weighted by atomic mass is 32.2. The van der Waals surface area contributed by atoms with Crippen molar-refractivity contribution in [3.63, 3.8) is 0 Å². The highest BCUT2D eigenvalue weighted by Gasteiger charge is 2.18. The normalized spacial score (nSPS) is 10.7. The summed E-state index contributed by atoms with van der Waals surface area (Å²) < 4.78 is 20.3. The summed E-state index contributed by atoms with van der Waals surface area (Å²) in [4.78, 5) is 24.1. The van der Waals surface area contributed by atoms with Crippen LogP contribution in [0.15, 0.2) is 82.6 Å². The fourth-order valence-electron chi connectivity index (χ4n) is 2.88. The van der Waals surface area contributed by atoms with Gasteiger partial charge in [0.1, 0.15) is 11.6 Å². The van der Waals surface area contributed by atoms with E-state index in [1.165, 1.54) is 18.4 Å². The van der Waals surface area contributed by atoms with Gasteiger partial charge in [-0.2, -0.15) is 0 Å². The molecule has 0 atom stereocenters. The highest BCUT2D eigenvalue weighted by molar-refractivity contribution is 7.99. The van der Waals surface area contributed by atoms with E-state index in [4.69, 9.17) is 4.42 Å². The van der Waals surface area contributed by atoms with E-state index in [9.17, 15) is 14.0 Å². The van der Waals surface area contributed by atoms with Crippen molar-refractivity contribution in [1.29, 1.82) is 0 Å². The molecule has 0 aliphatic heterocycles. The number of aromatic nitrogens is 3. The molecule has 32 heavy (non-hydrogen) atoms. The zero-order valence-electron chi connectivity index (χ0n) is 16.7. The monoisotopic (exact) mass is 451 g/mol. The molecule has 2 aromatic heterocycles. The van der Waals surface area contributed by atoms with Gasteiger partial charge in [-0.05, 0) is 36.4 Å². The Morgan fingerprint density at radius 2 is 1.78 bits per heavy atom. The van der Waals surface area contributed by atoms with Crippen LogP contribution in [-0.2, 0) is 11.3 Å². The van der Waals surface area contributed by atoms with Gasteiger partial charge in [-0.25, -0.2) is 9.18 Å². The first-order chi connectivity index (χ1) is 15.6. The second-order valence-electron chi connectivity index (χ2n) is 6.58. The number of imide groups is 1. The molecule has 0 radical (unpaired) electrons. The topological polar surface area (TPSA) is 102 Å². The minimum Gasteiger partial charge on any atom is -0.467 e. The molecule has 2 heterocycles. The van der Waals surface area contributed by atoms with Gasteiger partial charge in [0.2, 0.25) is 5.91 Å². The van der Waals surface area contributed by atoms with Gasteiger partial charge in [-0.3, -0.25) is 14.7 Å². The molecule has 0 spiro atoms. The first kappa shape index (κ1) is 21.3. The Bertz CT molecular complexity index is 1190. The van der Waals surface area contributed by atoms with Crippen LogP contribution in [0, 0.1) is 5.82 Å². The van der Waals surface area contributed by atoms with Crippen LogP contribution in [0.2, 0.25) is 0 Å². The molecule has 3 amide bonds. The molecule has 4 rings (SSSR count). The molecule has 8 nitrogen and oxygen atoms in total. The number of carbonyl (C=O) groups excluding carboxylic acids is 2. The van der Waals surface area contributed by atoms with E-state index in [1.54, 1.807) is 28.8 Å². The summed E-state index contributed by atoms with van der Waals surface area (Å²) in [5.74, 6) is 0.195. The number of hydrogen-bond acceptors (Lipinski definition) is 6. The summed E-state index contributed by atoms with van der Waals surface area (Å²) in [5, 5.41) is 13.7. The number of amides is 3. The standard InChI is InChI=1S/C22H18FN5O3S/c23-16-8-10-17(11-9-16)28-20(15-5-2-1-3-6-15)26-27-22(28)32-14-19(29)25-21(30)24-13-18-7-4-12-31-18/h1-12H,13-14H2,(H2,24,25,29,30). The quantitative estimate of drug-likeness (QED) is 0.415. The molecule has 0 saturated carbocycles. The van der Waals surface area contributed by atoms with Gasteiger partial charge < -0.3 is 9.73 Å². The Hall–Kier alpha value is -3.92. The summed E-state index contributed by atoms with van der Waals surface area (Å²) in [5.41, 5.74) is 1.47. The fourth-order valence-corrected chi connectivity index (χ4v) is 3.63. The molecular weight excluding hydrogens is 433 g/mol. The number of furan rings is 1. The number of rotatable bonds is 7. The molecule has 0 bridgehead atoms. The Morgan fingerprint density at radius 3 is 2.50 bits per heavy atom. The van der Waals surface area contributed by atoms with Gasteiger partial charge in [0.25, 0.3) is 0 Å². The minimum absolute atomic E-state index is 0.0672. The fraction of sp³-hybridized carbons (Fsp3) is 0.0909. The van der Waals surface area contributed by atoms with Gasteiger partial charge in [0.05, 0.1) is 18.6 Å². The van der Waals surface area contributed by atoms with E-state index < -0.39 is 11.9 Å². The molecule has 4 aromatic rings. The van der Waals surface area contributed by atoms with Crippen molar-refractivity contribution in [1.82, 2.24) is 25.4 Å². The number of nitrogens with one attached hydrogen (secondary N) is 2. The number of benzene rings is 2. The maximum atomic E-state index is 13.4. The average Bonchev–Trinajstić information content (AvgIpc) is 3.47. The van der Waals surface area contributed by atoms with Crippen LogP contribution in [-0.4, -0.2) is 32.5 Å². The lowest BCUT2D eigenvalue weighted by molar-refractivity contribution is -0.117. The van der Waals surface area contributed by atoms with E-state index in [-0.39, 0.29) is 18.1 Å². The SMILES string of the molecule is O=C(CSc1nnc(-c2ccccc2)n1-c1ccc(F)cc1)NC(=O)NCc1ccco1. The van der Waals surface area contributed by atoms with Gasteiger partial charge in [0, 0.05) is 11.3 Å². The van der Waals surface area contributed by atoms with E-state index in [0.717, 1.165) is 17.3 Å². The first-order valence-corrected chi connectivity index (χ1v) is 10.6. The molecule has 10 heteroatoms. The van der Waals surface area contributed by atoms with Crippen molar-refractivity contribution < 1.29 is 18.4 Å². The zero-order chi connectivity index (χ0) is 22.3. The van der Waals surface area contributed by atoms with Gasteiger partial charge in [-0.15, -0.1) is 10.2 Å². The third kappa shape index (κ3) is 5.22. The number of halogens is 1. The molecule has 0 saturated heterocycles. The maximum Gasteiger partial charge on any atom is 0.321 e. The third-order valence-electron chi connectivity index (χ3n) is 4.34. The Labute approximate surface area is 186 Å². The predicted octanol–water partition coefficient (Wildman–Crippen LogP) is 3.78. The lowest BCUT2D eigenvalue weighted by Gasteiger charge is -2.10. The second-order valence-corrected chi connectivity index (χ2v) is 7.53. The van der Waals surface area contributed by atoms with Gasteiger partial charge in [-0.1, -0.05) is 42.1 Å². The highest BCUT2D eigenvalue weighted by Crippen LogP contribution is 2.27. The smallest absolute Gasteiger partial charge is 0.321 e. The van der Waals surface area contributed by atoms with Crippen LogP contribution in [0.4, 0.5) is 9.18 Å². The number of thioether (sulfide) groups is 1. The Kier molecular flexibility index (Phi) is 6.61. The van der Waals surface area contributed by atoms with Crippen LogP contribution in [0.25, 0.3) is 17.1 Å². The van der Waals surface area contributed by atoms with E-state index in [0.29, 0.717) is 22.4 Å². The van der Waals surface area contributed by atoms with Gasteiger partial charge in [0.15, 0.2) is 11.0 Å². The first-order valence-electron chi connectivity index (χ1n) is 9.60. The third-order valence-corrected chi connectivity index (χ3v) is 5.27. The molecule has 162 valence electrons. The Morgan fingerprint density at radius 1 is 1.00 bits per heavy atom. The summed E-state index contributed by atoms with van der Waals surface area (Å²) in [7, 11) is 0. The molecule has 0 fully saturated rings. The van der Waals surface area contributed by atoms with Crippen LogP contribution in [0.3, 0.4) is 0 Å².